The van der Waals surface area contributed by atoms with Gasteiger partial charge < -0.3 is 34.2 Å². The van der Waals surface area contributed by atoms with Crippen molar-refractivity contribution >= 4 is 30.6 Å². The molecule has 4 rings (SSSR count). The minimum atomic E-state index is -4.02. The second-order valence-corrected chi connectivity index (χ2v) is 9.54. The molecule has 2 aromatic heterocycles. The van der Waals surface area contributed by atoms with Crippen molar-refractivity contribution in [3.8, 4) is 0 Å². The second kappa shape index (κ2) is 8.77. The van der Waals surface area contributed by atoms with E-state index in [1.54, 1.807) is 0 Å². The Hall–Kier alpha value is -2.15. The van der Waals surface area contributed by atoms with Gasteiger partial charge in [-0.3, -0.25) is 9.88 Å². The van der Waals surface area contributed by atoms with Crippen molar-refractivity contribution in [2.75, 3.05) is 18.6 Å². The molecule has 5 atom stereocenters. The molecule has 0 aromatic carbocycles. The van der Waals surface area contributed by atoms with Crippen LogP contribution >= 0.6 is 7.60 Å². The number of aliphatic hydroxyl groups is 2. The Morgan fingerprint density at radius 1 is 1.32 bits per heavy atom. The van der Waals surface area contributed by atoms with E-state index < -0.39 is 44.8 Å². The number of aliphatic hydroxyl groups excluding tert-OH is 2. The molecule has 2 unspecified atom stereocenters. The summed E-state index contributed by atoms with van der Waals surface area (Å²) >= 11 is 0. The molecule has 14 heteroatoms. The first-order valence-electron chi connectivity index (χ1n) is 9.92. The molecule has 1 aliphatic carbocycles. The molecule has 2 aromatic rings. The molecule has 2 fully saturated rings. The van der Waals surface area contributed by atoms with E-state index in [1.807, 2.05) is 0 Å². The maximum Gasteiger partial charge on any atom is 0.320 e. The summed E-state index contributed by atoms with van der Waals surface area (Å²) < 4.78 is 22.9. The topological polar surface area (TPSA) is 184 Å². The van der Waals surface area contributed by atoms with Gasteiger partial charge in [0.2, 0.25) is 0 Å². The third-order valence-corrected chi connectivity index (χ3v) is 5.98. The van der Waals surface area contributed by atoms with Gasteiger partial charge in [0.25, 0.3) is 0 Å². The largest absolute Gasteiger partial charge is 0.779 e. The number of aromatic nitrogens is 4. The van der Waals surface area contributed by atoms with Crippen LogP contribution in [-0.2, 0) is 13.8 Å². The Bertz CT molecular complexity index is 991. The number of hydrogen-bond acceptors (Lipinski definition) is 10. The summed E-state index contributed by atoms with van der Waals surface area (Å²) in [5.41, 5.74) is 0.528. The van der Waals surface area contributed by atoms with Crippen LogP contribution in [0.1, 0.15) is 31.9 Å². The average molecular weight is 455 g/mol. The number of rotatable bonds is 6. The van der Waals surface area contributed by atoms with Crippen LogP contribution in [0, 0.1) is 0 Å². The smallest absolute Gasteiger partial charge is 0.320 e. The van der Waals surface area contributed by atoms with Crippen LogP contribution in [0.4, 0.5) is 10.6 Å². The summed E-state index contributed by atoms with van der Waals surface area (Å²) in [6.45, 7) is 0.460. The standard InChI is InChI=1S/C17H25N6O7P/c1-31(27,28)29-6-10-12(24)13(25)16(30-10)23-8-20-11-14(18-7-19-15(11)23)22-17(26)21-9-4-2-3-5-9/h7-10,12-13,16,24-25H,2-6H2,1H3,(H,27,28)(H2,18,19,21,22,26)/p-1/t10-,12?,13+,16-/m1/s1. The molecule has 1 saturated carbocycles. The number of nitrogens with zero attached hydrogens (tertiary/aromatic N) is 4. The van der Waals surface area contributed by atoms with Crippen LogP contribution in [0.3, 0.4) is 0 Å². The number of urea groups is 1. The lowest BCUT2D eigenvalue weighted by Crippen LogP contribution is -2.36. The van der Waals surface area contributed by atoms with Gasteiger partial charge in [-0.05, 0) is 12.8 Å². The first-order valence-corrected chi connectivity index (χ1v) is 11.9. The number of carbonyl (C=O) groups excluding carboxylic acids is 1. The van der Waals surface area contributed by atoms with Crippen molar-refractivity contribution < 1.29 is 33.7 Å². The molecule has 13 nitrogen and oxygen atoms in total. The molecule has 0 bridgehead atoms. The van der Waals surface area contributed by atoms with E-state index in [0.717, 1.165) is 32.3 Å². The normalized spacial score (nSPS) is 28.6. The first-order chi connectivity index (χ1) is 14.7. The van der Waals surface area contributed by atoms with Gasteiger partial charge in [-0.25, -0.2) is 19.7 Å². The highest BCUT2D eigenvalue weighted by atomic mass is 31.2. The van der Waals surface area contributed by atoms with Gasteiger partial charge >= 0.3 is 6.03 Å². The Morgan fingerprint density at radius 2 is 2.06 bits per heavy atom. The molecule has 1 saturated heterocycles. The van der Waals surface area contributed by atoms with Crippen molar-refractivity contribution in [3.05, 3.63) is 12.7 Å². The van der Waals surface area contributed by atoms with Crippen molar-refractivity contribution in [2.45, 2.75) is 56.3 Å². The van der Waals surface area contributed by atoms with E-state index >= 15 is 0 Å². The van der Waals surface area contributed by atoms with Crippen molar-refractivity contribution in [1.29, 1.82) is 0 Å². The van der Waals surface area contributed by atoms with Gasteiger partial charge in [-0.15, -0.1) is 0 Å². The summed E-state index contributed by atoms with van der Waals surface area (Å²) in [4.78, 5) is 35.9. The minimum Gasteiger partial charge on any atom is -0.779 e. The van der Waals surface area contributed by atoms with Crippen molar-refractivity contribution in [2.24, 2.45) is 0 Å². The Labute approximate surface area is 177 Å². The fourth-order valence-electron chi connectivity index (χ4n) is 3.83. The fourth-order valence-corrected chi connectivity index (χ4v) is 4.25. The number of fused-ring (bicyclic) bond motifs is 1. The van der Waals surface area contributed by atoms with Crippen LogP contribution in [0.5, 0.6) is 0 Å². The van der Waals surface area contributed by atoms with Crippen molar-refractivity contribution in [1.82, 2.24) is 24.8 Å². The lowest BCUT2D eigenvalue weighted by atomic mass is 10.1. The monoisotopic (exact) mass is 455 g/mol. The molecule has 1 aliphatic heterocycles. The quantitative estimate of drug-likeness (QED) is 0.422. The number of nitrogens with one attached hydrogen (secondary N) is 2. The minimum absolute atomic E-state index is 0.130. The van der Waals surface area contributed by atoms with E-state index in [4.69, 9.17) is 9.26 Å². The SMILES string of the molecule is CP(=O)([O-])OC[C@H]1O[C@@H](n2cnc3c(NC(=O)NC4CCCC4)ncnc32)[C@@H](O)C1O. The molecule has 4 N–H and O–H groups in total. The van der Waals surface area contributed by atoms with Crippen molar-refractivity contribution in [3.63, 3.8) is 0 Å². The van der Waals surface area contributed by atoms with Gasteiger partial charge in [-0.1, -0.05) is 12.8 Å². The zero-order chi connectivity index (χ0) is 22.2. The first kappa shape index (κ1) is 22.1. The fraction of sp³-hybridized carbons (Fsp3) is 0.647. The predicted octanol–water partition coefficient (Wildman–Crippen LogP) is -0.291. The van der Waals surface area contributed by atoms with E-state index in [-0.39, 0.29) is 23.0 Å². The van der Waals surface area contributed by atoms with E-state index in [2.05, 4.69) is 25.6 Å². The molecule has 31 heavy (non-hydrogen) atoms. The number of carbonyl (C=O) groups is 1. The van der Waals surface area contributed by atoms with E-state index in [0.29, 0.717) is 0 Å². The number of amides is 2. The van der Waals surface area contributed by atoms with E-state index in [1.165, 1.54) is 17.2 Å². The highest BCUT2D eigenvalue weighted by molar-refractivity contribution is 7.50. The zero-order valence-corrected chi connectivity index (χ0v) is 17.6. The highest BCUT2D eigenvalue weighted by Gasteiger charge is 2.44. The van der Waals surface area contributed by atoms with Gasteiger partial charge in [0.05, 0.1) is 12.9 Å². The summed E-state index contributed by atoms with van der Waals surface area (Å²) in [6, 6.07) is -0.266. The number of anilines is 1. The van der Waals surface area contributed by atoms with Gasteiger partial charge in [0.15, 0.2) is 23.2 Å². The Morgan fingerprint density at radius 3 is 2.77 bits per heavy atom. The molecule has 2 aliphatic rings. The Balaban J connectivity index is 1.50. The number of imidazole rings is 1. The van der Waals surface area contributed by atoms with Crippen LogP contribution in [-0.4, -0.2) is 73.4 Å². The maximum atomic E-state index is 12.3. The molecule has 170 valence electrons. The van der Waals surface area contributed by atoms with E-state index in [9.17, 15) is 24.5 Å². The van der Waals surface area contributed by atoms with Crippen LogP contribution in [0.2, 0.25) is 0 Å². The molecule has 0 radical (unpaired) electrons. The molecule has 3 heterocycles. The number of hydrogen-bond donors (Lipinski definition) is 4. The molecule has 0 spiro atoms. The third-order valence-electron chi connectivity index (χ3n) is 5.37. The Kier molecular flexibility index (Phi) is 6.24. The molecular weight excluding hydrogens is 431 g/mol. The summed E-state index contributed by atoms with van der Waals surface area (Å²) in [7, 11) is -4.02. The third kappa shape index (κ3) is 4.86. The predicted molar refractivity (Wildman–Crippen MR) is 105 cm³/mol. The van der Waals surface area contributed by atoms with Crippen LogP contribution < -0.4 is 15.5 Å². The molecule has 2 amide bonds. The maximum absolute atomic E-state index is 12.3. The second-order valence-electron chi connectivity index (χ2n) is 7.74. The lowest BCUT2D eigenvalue weighted by Gasteiger charge is -2.21. The lowest BCUT2D eigenvalue weighted by molar-refractivity contribution is -0.199. The summed E-state index contributed by atoms with van der Waals surface area (Å²) in [6.07, 6.45) is 1.67. The van der Waals surface area contributed by atoms with Crippen LogP contribution in [0.15, 0.2) is 12.7 Å². The van der Waals surface area contributed by atoms with Crippen LogP contribution in [0.25, 0.3) is 11.2 Å². The van der Waals surface area contributed by atoms with Gasteiger partial charge in [0, 0.05) is 12.7 Å². The zero-order valence-electron chi connectivity index (χ0n) is 16.7. The molecular formula is C17H24N6O7P-. The van der Waals surface area contributed by atoms with Gasteiger partial charge in [0.1, 0.15) is 32.2 Å². The average Bonchev–Trinajstić information content (AvgIpc) is 3.42. The number of ether oxygens (including phenoxy) is 1. The summed E-state index contributed by atoms with van der Waals surface area (Å²) in [5, 5.41) is 26.2. The highest BCUT2D eigenvalue weighted by Crippen LogP contribution is 2.36. The van der Waals surface area contributed by atoms with Gasteiger partial charge in [-0.2, -0.15) is 0 Å². The summed E-state index contributed by atoms with van der Waals surface area (Å²) in [5.74, 6) is 0.186.